The lowest BCUT2D eigenvalue weighted by Crippen LogP contribution is -2.28. The minimum Gasteiger partial charge on any atom is -0.303 e. The Morgan fingerprint density at radius 1 is 1.54 bits per heavy atom. The number of allylic oxidation sites excluding steroid dienone is 2. The van der Waals surface area contributed by atoms with Crippen LogP contribution in [0.5, 0.6) is 0 Å². The molecule has 0 spiro atoms. The molecule has 0 saturated carbocycles. The molecule has 0 amide bonds. The van der Waals surface area contributed by atoms with Gasteiger partial charge in [0.1, 0.15) is 0 Å². The molecule has 68 valence electrons. The van der Waals surface area contributed by atoms with Crippen LogP contribution in [0.2, 0.25) is 0 Å². The van der Waals surface area contributed by atoms with Gasteiger partial charge in [0.25, 0.3) is 5.56 Å². The van der Waals surface area contributed by atoms with E-state index in [-0.39, 0.29) is 5.56 Å². The molecule has 0 radical (unpaired) electrons. The van der Waals surface area contributed by atoms with Crippen molar-refractivity contribution in [1.29, 1.82) is 0 Å². The maximum Gasteiger partial charge on any atom is 0.328 e. The highest BCUT2D eigenvalue weighted by atomic mass is 16.2. The summed E-state index contributed by atoms with van der Waals surface area (Å²) in [6.07, 6.45) is 6.26. The van der Waals surface area contributed by atoms with Gasteiger partial charge in [0.15, 0.2) is 0 Å². The second-order valence-corrected chi connectivity index (χ2v) is 2.55. The summed E-state index contributed by atoms with van der Waals surface area (Å²) in [7, 11) is 1.57. The van der Waals surface area contributed by atoms with E-state index in [2.05, 4.69) is 11.6 Å². The van der Waals surface area contributed by atoms with Crippen LogP contribution >= 0.6 is 0 Å². The SMILES string of the molecule is C=C/C=C/c1cn(C)c(=O)[nH]c1=O. The molecule has 1 heterocycles. The van der Waals surface area contributed by atoms with Crippen molar-refractivity contribution in [3.8, 4) is 0 Å². The standard InChI is InChI=1S/C9H10N2O2/c1-3-4-5-7-6-11(2)9(13)10-8(7)12/h3-6H,1H2,2H3,(H,10,12,13)/b5-4+. The average molecular weight is 178 g/mol. The molecule has 0 bridgehead atoms. The summed E-state index contributed by atoms with van der Waals surface area (Å²) in [5.41, 5.74) is -0.371. The number of aromatic nitrogens is 2. The normalized spacial score (nSPS) is 10.5. The van der Waals surface area contributed by atoms with Crippen LogP contribution in [0.3, 0.4) is 0 Å². The Morgan fingerprint density at radius 3 is 2.85 bits per heavy atom. The highest BCUT2D eigenvalue weighted by molar-refractivity contribution is 5.48. The van der Waals surface area contributed by atoms with Gasteiger partial charge in [0, 0.05) is 13.2 Å². The van der Waals surface area contributed by atoms with Gasteiger partial charge in [-0.25, -0.2) is 4.79 Å². The third-order valence-electron chi connectivity index (χ3n) is 1.55. The van der Waals surface area contributed by atoms with Gasteiger partial charge in [0.2, 0.25) is 0 Å². The van der Waals surface area contributed by atoms with E-state index in [1.807, 2.05) is 0 Å². The highest BCUT2D eigenvalue weighted by Gasteiger charge is 1.96. The monoisotopic (exact) mass is 178 g/mol. The molecule has 0 aliphatic carbocycles. The number of aromatic amines is 1. The second kappa shape index (κ2) is 3.71. The summed E-state index contributed by atoms with van der Waals surface area (Å²) in [5, 5.41) is 0. The number of aryl methyl sites for hydroxylation is 1. The van der Waals surface area contributed by atoms with Crippen molar-refractivity contribution >= 4 is 6.08 Å². The number of H-pyrrole nitrogens is 1. The summed E-state index contributed by atoms with van der Waals surface area (Å²) in [6.45, 7) is 3.48. The van der Waals surface area contributed by atoms with Gasteiger partial charge in [-0.05, 0) is 6.08 Å². The van der Waals surface area contributed by atoms with Gasteiger partial charge in [-0.15, -0.1) is 0 Å². The van der Waals surface area contributed by atoms with Crippen LogP contribution in [0.1, 0.15) is 5.56 Å². The van der Waals surface area contributed by atoms with Crippen LogP contribution in [0.4, 0.5) is 0 Å². The average Bonchev–Trinajstić information content (AvgIpc) is 2.09. The third kappa shape index (κ3) is 2.05. The van der Waals surface area contributed by atoms with Gasteiger partial charge in [0.05, 0.1) is 5.56 Å². The largest absolute Gasteiger partial charge is 0.328 e. The topological polar surface area (TPSA) is 54.9 Å². The fraction of sp³-hybridized carbons (Fsp3) is 0.111. The molecule has 1 aromatic heterocycles. The summed E-state index contributed by atoms with van der Waals surface area (Å²) < 4.78 is 1.31. The third-order valence-corrected chi connectivity index (χ3v) is 1.55. The van der Waals surface area contributed by atoms with Crippen LogP contribution in [0.25, 0.3) is 6.08 Å². The van der Waals surface area contributed by atoms with E-state index >= 15 is 0 Å². The zero-order chi connectivity index (χ0) is 9.84. The maximum absolute atomic E-state index is 11.1. The predicted molar refractivity (Wildman–Crippen MR) is 51.5 cm³/mol. The Bertz CT molecular complexity index is 451. The molecule has 1 aromatic rings. The van der Waals surface area contributed by atoms with Crippen LogP contribution in [0.15, 0.2) is 34.5 Å². The molecule has 13 heavy (non-hydrogen) atoms. The minimum absolute atomic E-state index is 0.388. The first-order chi connectivity index (χ1) is 6.15. The lowest BCUT2D eigenvalue weighted by molar-refractivity contribution is 0.796. The number of nitrogens with zero attached hydrogens (tertiary/aromatic N) is 1. The van der Waals surface area contributed by atoms with Crippen LogP contribution in [-0.2, 0) is 7.05 Å². The molecule has 0 fully saturated rings. The van der Waals surface area contributed by atoms with E-state index in [0.717, 1.165) is 0 Å². The van der Waals surface area contributed by atoms with Crippen molar-refractivity contribution in [2.75, 3.05) is 0 Å². The molecular formula is C9H10N2O2. The van der Waals surface area contributed by atoms with E-state index in [0.29, 0.717) is 5.56 Å². The Morgan fingerprint density at radius 2 is 2.23 bits per heavy atom. The second-order valence-electron chi connectivity index (χ2n) is 2.55. The first-order valence-electron chi connectivity index (χ1n) is 3.74. The molecular weight excluding hydrogens is 168 g/mol. The van der Waals surface area contributed by atoms with Gasteiger partial charge in [-0.3, -0.25) is 9.78 Å². The first-order valence-corrected chi connectivity index (χ1v) is 3.74. The van der Waals surface area contributed by atoms with Crippen molar-refractivity contribution in [3.05, 3.63) is 51.3 Å². The quantitative estimate of drug-likeness (QED) is 0.661. The highest BCUT2D eigenvalue weighted by Crippen LogP contribution is 1.90. The molecule has 4 heteroatoms. The summed E-state index contributed by atoms with van der Waals surface area (Å²) >= 11 is 0. The van der Waals surface area contributed by atoms with E-state index in [1.165, 1.54) is 10.8 Å². The minimum atomic E-state index is -0.416. The van der Waals surface area contributed by atoms with Crippen LogP contribution in [-0.4, -0.2) is 9.55 Å². The van der Waals surface area contributed by atoms with Crippen molar-refractivity contribution < 1.29 is 0 Å². The Balaban J connectivity index is 3.32. The van der Waals surface area contributed by atoms with Crippen LogP contribution in [0, 0.1) is 0 Å². The number of rotatable bonds is 2. The first kappa shape index (κ1) is 9.25. The molecule has 0 aromatic carbocycles. The Hall–Kier alpha value is -1.84. The summed E-state index contributed by atoms with van der Waals surface area (Å²) in [5.74, 6) is 0. The van der Waals surface area contributed by atoms with Gasteiger partial charge in [-0.1, -0.05) is 18.7 Å². The van der Waals surface area contributed by atoms with E-state index in [1.54, 1.807) is 25.3 Å². The number of hydrogen-bond acceptors (Lipinski definition) is 2. The molecule has 4 nitrogen and oxygen atoms in total. The van der Waals surface area contributed by atoms with E-state index < -0.39 is 5.69 Å². The van der Waals surface area contributed by atoms with Gasteiger partial charge >= 0.3 is 5.69 Å². The molecule has 0 aliphatic heterocycles. The van der Waals surface area contributed by atoms with Crippen molar-refractivity contribution in [1.82, 2.24) is 9.55 Å². The lowest BCUT2D eigenvalue weighted by atomic mass is 10.3. The summed E-state index contributed by atoms with van der Waals surface area (Å²) in [6, 6.07) is 0. The van der Waals surface area contributed by atoms with Gasteiger partial charge in [-0.2, -0.15) is 0 Å². The molecule has 0 atom stereocenters. The predicted octanol–water partition coefficient (Wildman–Crippen LogP) is 0.273. The van der Waals surface area contributed by atoms with E-state index in [9.17, 15) is 9.59 Å². The van der Waals surface area contributed by atoms with Gasteiger partial charge < -0.3 is 4.57 Å². The Kier molecular flexibility index (Phi) is 2.64. The zero-order valence-corrected chi connectivity index (χ0v) is 7.28. The van der Waals surface area contributed by atoms with Crippen LogP contribution < -0.4 is 11.2 Å². The fourth-order valence-corrected chi connectivity index (χ4v) is 0.874. The maximum atomic E-state index is 11.1. The molecule has 0 unspecified atom stereocenters. The molecule has 1 N–H and O–H groups in total. The number of hydrogen-bond donors (Lipinski definition) is 1. The van der Waals surface area contributed by atoms with Crippen molar-refractivity contribution in [2.45, 2.75) is 0 Å². The summed E-state index contributed by atoms with van der Waals surface area (Å²) in [4.78, 5) is 24.3. The molecule has 0 aliphatic rings. The van der Waals surface area contributed by atoms with Crippen molar-refractivity contribution in [3.63, 3.8) is 0 Å². The molecule has 0 saturated heterocycles. The van der Waals surface area contributed by atoms with E-state index in [4.69, 9.17) is 0 Å². The molecule has 1 rings (SSSR count). The zero-order valence-electron chi connectivity index (χ0n) is 7.28. The fourth-order valence-electron chi connectivity index (χ4n) is 0.874. The number of nitrogens with one attached hydrogen (secondary N) is 1. The van der Waals surface area contributed by atoms with Crippen molar-refractivity contribution in [2.24, 2.45) is 7.05 Å². The smallest absolute Gasteiger partial charge is 0.303 e. The lowest BCUT2D eigenvalue weighted by Gasteiger charge is -1.96. The Labute approximate surface area is 74.8 Å².